The fraction of sp³-hybridized carbons (Fsp3) is 0.333. The number of carbonyl (C=O) groups is 2. The van der Waals surface area contributed by atoms with Gasteiger partial charge in [0.1, 0.15) is 17.1 Å². The molecule has 0 aliphatic heterocycles. The summed E-state index contributed by atoms with van der Waals surface area (Å²) >= 11 is 0. The molecule has 8 heteroatoms. The number of ether oxygens (including phenoxy) is 3. The lowest BCUT2D eigenvalue weighted by Gasteiger charge is -2.19. The Morgan fingerprint density at radius 1 is 1.08 bits per heavy atom. The van der Waals surface area contributed by atoms with Crippen molar-refractivity contribution in [1.29, 1.82) is 0 Å². The summed E-state index contributed by atoms with van der Waals surface area (Å²) in [5, 5.41) is 9.09. The lowest BCUT2D eigenvalue weighted by atomic mass is 10.1. The average molecular weight is 363 g/mol. The van der Waals surface area contributed by atoms with Gasteiger partial charge in [-0.3, -0.25) is 4.79 Å². The summed E-state index contributed by atoms with van der Waals surface area (Å²) in [6.07, 6.45) is 0. The Morgan fingerprint density at radius 2 is 1.73 bits per heavy atom. The van der Waals surface area contributed by atoms with Gasteiger partial charge >= 0.3 is 5.97 Å². The molecule has 0 aliphatic rings. The van der Waals surface area contributed by atoms with E-state index in [1.807, 2.05) is 0 Å². The number of amides is 1. The first kappa shape index (κ1) is 19.2. The maximum atomic E-state index is 12.8. The molecule has 1 aromatic heterocycles. The Hall–Kier alpha value is -3.16. The maximum absolute atomic E-state index is 12.8. The van der Waals surface area contributed by atoms with Crippen LogP contribution in [0.4, 0.5) is 0 Å². The Balaban J connectivity index is 2.31. The zero-order chi connectivity index (χ0) is 19.4. The number of hydrogen-bond acceptors (Lipinski definition) is 6. The van der Waals surface area contributed by atoms with Crippen LogP contribution in [0.2, 0.25) is 0 Å². The molecule has 140 valence electrons. The van der Waals surface area contributed by atoms with Crippen molar-refractivity contribution < 1.29 is 33.3 Å². The molecule has 0 unspecified atom stereocenters. The monoisotopic (exact) mass is 363 g/mol. The van der Waals surface area contributed by atoms with Crippen LogP contribution in [0.15, 0.2) is 22.6 Å². The lowest BCUT2D eigenvalue weighted by Crippen LogP contribution is -2.26. The zero-order valence-electron chi connectivity index (χ0n) is 15.3. The van der Waals surface area contributed by atoms with Gasteiger partial charge in [0.05, 0.1) is 33.4 Å². The SMILES string of the molecule is COc1ccc(C(=O)N(C)Cc2cc(C(=O)O)c(C)o2)c(OC)c1OC. The van der Waals surface area contributed by atoms with Crippen LogP contribution in [0.1, 0.15) is 32.2 Å². The summed E-state index contributed by atoms with van der Waals surface area (Å²) in [7, 11) is 5.96. The summed E-state index contributed by atoms with van der Waals surface area (Å²) in [4.78, 5) is 25.3. The maximum Gasteiger partial charge on any atom is 0.339 e. The normalized spacial score (nSPS) is 10.3. The lowest BCUT2D eigenvalue weighted by molar-refractivity contribution is 0.0694. The second-order valence-electron chi connectivity index (χ2n) is 5.53. The van der Waals surface area contributed by atoms with E-state index in [4.69, 9.17) is 23.7 Å². The van der Waals surface area contributed by atoms with E-state index in [1.54, 1.807) is 26.1 Å². The van der Waals surface area contributed by atoms with Gasteiger partial charge in [0.25, 0.3) is 5.91 Å². The van der Waals surface area contributed by atoms with E-state index >= 15 is 0 Å². The van der Waals surface area contributed by atoms with Crippen molar-refractivity contribution in [3.05, 3.63) is 40.8 Å². The van der Waals surface area contributed by atoms with Crippen LogP contribution in [0.25, 0.3) is 0 Å². The number of carboxylic acid groups (broad SMARTS) is 1. The van der Waals surface area contributed by atoms with Crippen LogP contribution in [0.5, 0.6) is 17.2 Å². The number of benzene rings is 1. The van der Waals surface area contributed by atoms with Gasteiger partial charge in [-0.1, -0.05) is 0 Å². The van der Waals surface area contributed by atoms with E-state index in [0.29, 0.717) is 17.3 Å². The van der Waals surface area contributed by atoms with Gasteiger partial charge in [-0.15, -0.1) is 0 Å². The smallest absolute Gasteiger partial charge is 0.339 e. The van der Waals surface area contributed by atoms with Crippen LogP contribution in [0.3, 0.4) is 0 Å². The Bertz CT molecular complexity index is 825. The quantitative estimate of drug-likeness (QED) is 0.807. The van der Waals surface area contributed by atoms with Crippen molar-refractivity contribution in [2.45, 2.75) is 13.5 Å². The van der Waals surface area contributed by atoms with Crippen LogP contribution in [-0.4, -0.2) is 50.3 Å². The predicted molar refractivity (Wildman–Crippen MR) is 92.3 cm³/mol. The highest BCUT2D eigenvalue weighted by Gasteiger charge is 2.24. The fourth-order valence-electron chi connectivity index (χ4n) is 2.61. The molecule has 1 N–H and O–H groups in total. The minimum absolute atomic E-state index is 0.0737. The van der Waals surface area contributed by atoms with Gasteiger partial charge in [-0.25, -0.2) is 4.79 Å². The van der Waals surface area contributed by atoms with Gasteiger partial charge in [0.2, 0.25) is 5.75 Å². The molecule has 0 saturated carbocycles. The van der Waals surface area contributed by atoms with Crippen molar-refractivity contribution >= 4 is 11.9 Å². The topological polar surface area (TPSA) is 98.4 Å². The van der Waals surface area contributed by atoms with Crippen molar-refractivity contribution in [3.63, 3.8) is 0 Å². The molecule has 0 aliphatic carbocycles. The number of aromatic carboxylic acids is 1. The number of carboxylic acids is 1. The Morgan fingerprint density at radius 3 is 2.23 bits per heavy atom. The number of nitrogens with zero attached hydrogens (tertiary/aromatic N) is 1. The molecule has 1 aromatic carbocycles. The standard InChI is InChI=1S/C18H21NO7/c1-10-13(18(21)22)8-11(26-10)9-19(2)17(20)12-6-7-14(23-3)16(25-5)15(12)24-4/h6-8H,9H2,1-5H3,(H,21,22). The molecule has 0 fully saturated rings. The highest BCUT2D eigenvalue weighted by Crippen LogP contribution is 2.40. The molecule has 0 radical (unpaired) electrons. The predicted octanol–water partition coefficient (Wildman–Crippen LogP) is 2.58. The van der Waals surface area contributed by atoms with E-state index in [2.05, 4.69) is 0 Å². The summed E-state index contributed by atoms with van der Waals surface area (Å²) in [6, 6.07) is 4.60. The van der Waals surface area contributed by atoms with Crippen molar-refractivity contribution in [2.24, 2.45) is 0 Å². The molecule has 2 aromatic rings. The number of rotatable bonds is 7. The summed E-state index contributed by atoms with van der Waals surface area (Å²) in [5.74, 6) is 0.257. The molecule has 0 bridgehead atoms. The Labute approximate surface area is 150 Å². The van der Waals surface area contributed by atoms with Gasteiger partial charge in [0, 0.05) is 7.05 Å². The molecule has 26 heavy (non-hydrogen) atoms. The number of furan rings is 1. The molecule has 0 saturated heterocycles. The van der Waals surface area contributed by atoms with Gasteiger partial charge in [0.15, 0.2) is 11.5 Å². The minimum atomic E-state index is -1.08. The highest BCUT2D eigenvalue weighted by molar-refractivity contribution is 5.98. The summed E-state index contributed by atoms with van der Waals surface area (Å²) < 4.78 is 21.2. The van der Waals surface area contributed by atoms with Crippen LogP contribution >= 0.6 is 0 Å². The molecule has 1 amide bonds. The minimum Gasteiger partial charge on any atom is -0.493 e. The molecule has 8 nitrogen and oxygen atoms in total. The number of methoxy groups -OCH3 is 3. The van der Waals surface area contributed by atoms with E-state index in [-0.39, 0.29) is 35.1 Å². The van der Waals surface area contributed by atoms with Gasteiger partial charge in [-0.2, -0.15) is 0 Å². The van der Waals surface area contributed by atoms with Crippen molar-refractivity contribution in [3.8, 4) is 17.2 Å². The molecule has 2 rings (SSSR count). The van der Waals surface area contributed by atoms with E-state index in [9.17, 15) is 9.59 Å². The third-order valence-electron chi connectivity index (χ3n) is 3.87. The average Bonchev–Trinajstić information content (AvgIpc) is 2.99. The van der Waals surface area contributed by atoms with Gasteiger partial charge in [-0.05, 0) is 25.1 Å². The Kier molecular flexibility index (Phi) is 5.76. The van der Waals surface area contributed by atoms with Crippen molar-refractivity contribution in [2.75, 3.05) is 28.4 Å². The third-order valence-corrected chi connectivity index (χ3v) is 3.87. The first-order chi connectivity index (χ1) is 12.3. The first-order valence-electron chi connectivity index (χ1n) is 7.71. The number of aryl methyl sites for hydroxylation is 1. The molecule has 0 spiro atoms. The molecule has 0 atom stereocenters. The fourth-order valence-corrected chi connectivity index (χ4v) is 2.61. The van der Waals surface area contributed by atoms with E-state index in [0.717, 1.165) is 0 Å². The molecular weight excluding hydrogens is 342 g/mol. The van der Waals surface area contributed by atoms with Crippen molar-refractivity contribution in [1.82, 2.24) is 4.90 Å². The summed E-state index contributed by atoms with van der Waals surface area (Å²) in [5.41, 5.74) is 0.360. The van der Waals surface area contributed by atoms with Crippen LogP contribution in [-0.2, 0) is 6.54 Å². The second kappa shape index (κ2) is 7.81. The number of carbonyl (C=O) groups excluding carboxylic acids is 1. The van der Waals surface area contributed by atoms with Crippen LogP contribution in [0, 0.1) is 6.92 Å². The second-order valence-corrected chi connectivity index (χ2v) is 5.53. The zero-order valence-corrected chi connectivity index (χ0v) is 15.3. The first-order valence-corrected chi connectivity index (χ1v) is 7.71. The molecule has 1 heterocycles. The van der Waals surface area contributed by atoms with E-state index < -0.39 is 5.97 Å². The van der Waals surface area contributed by atoms with Crippen LogP contribution < -0.4 is 14.2 Å². The van der Waals surface area contributed by atoms with Gasteiger partial charge < -0.3 is 28.6 Å². The van der Waals surface area contributed by atoms with E-state index in [1.165, 1.54) is 32.3 Å². The number of hydrogen-bond donors (Lipinski definition) is 1. The third kappa shape index (κ3) is 3.58. The highest BCUT2D eigenvalue weighted by atomic mass is 16.5. The summed E-state index contributed by atoms with van der Waals surface area (Å²) in [6.45, 7) is 1.66. The molecular formula is C18H21NO7. The largest absolute Gasteiger partial charge is 0.493 e.